The van der Waals surface area contributed by atoms with E-state index in [1.165, 1.54) is 17.0 Å². The Morgan fingerprint density at radius 3 is 2.65 bits per heavy atom. The lowest BCUT2D eigenvalue weighted by molar-refractivity contribution is -0.941. The zero-order valence-corrected chi connectivity index (χ0v) is 19.1. The molecule has 0 radical (unpaired) electrons. The molecule has 1 aromatic carbocycles. The fourth-order valence-electron chi connectivity index (χ4n) is 5.00. The van der Waals surface area contributed by atoms with Gasteiger partial charge in [-0.05, 0) is 49.2 Å². The molecule has 2 bridgehead atoms. The molecule has 0 aliphatic carbocycles. The van der Waals surface area contributed by atoms with Gasteiger partial charge in [0.1, 0.15) is 12.4 Å². The van der Waals surface area contributed by atoms with Crippen molar-refractivity contribution in [2.75, 3.05) is 32.7 Å². The first-order valence-corrected chi connectivity index (χ1v) is 12.0. The number of fused-ring (bicyclic) bond motifs is 3. The number of thiophene rings is 1. The lowest BCUT2D eigenvalue weighted by Crippen LogP contribution is -2.64. The van der Waals surface area contributed by atoms with Crippen molar-refractivity contribution in [2.45, 2.75) is 38.8 Å². The summed E-state index contributed by atoms with van der Waals surface area (Å²) in [5, 5.41) is 0. The van der Waals surface area contributed by atoms with E-state index in [4.69, 9.17) is 4.74 Å². The molecule has 3 fully saturated rings. The lowest BCUT2D eigenvalue weighted by Gasteiger charge is -2.51. The number of hydrogen-bond donors (Lipinski definition) is 0. The molecule has 0 spiro atoms. The highest BCUT2D eigenvalue weighted by Gasteiger charge is 2.47. The van der Waals surface area contributed by atoms with Crippen LogP contribution in [0, 0.1) is 18.7 Å². The number of ether oxygens (including phenoxy) is 1. The summed E-state index contributed by atoms with van der Waals surface area (Å²) in [6, 6.07) is 10.7. The maximum Gasteiger partial charge on any atom is 0.410 e. The van der Waals surface area contributed by atoms with Gasteiger partial charge in [0.15, 0.2) is 6.10 Å². The van der Waals surface area contributed by atoms with Gasteiger partial charge in [0.25, 0.3) is 0 Å². The highest BCUT2D eigenvalue weighted by atomic mass is 32.1. The van der Waals surface area contributed by atoms with Crippen molar-refractivity contribution in [1.82, 2.24) is 4.90 Å². The van der Waals surface area contributed by atoms with Gasteiger partial charge < -0.3 is 14.1 Å². The monoisotopic (exact) mass is 443 g/mol. The molecule has 3 saturated heterocycles. The molecule has 31 heavy (non-hydrogen) atoms. The molecular weight excluding hydrogens is 411 g/mol. The number of hydrogen-bond acceptors (Lipinski definition) is 3. The van der Waals surface area contributed by atoms with Gasteiger partial charge in [0, 0.05) is 35.1 Å². The van der Waals surface area contributed by atoms with Crippen LogP contribution < -0.4 is 0 Å². The van der Waals surface area contributed by atoms with Gasteiger partial charge in [-0.2, -0.15) is 0 Å². The molecule has 1 aromatic heterocycles. The number of piperidine rings is 3. The third-order valence-corrected chi connectivity index (χ3v) is 7.78. The van der Waals surface area contributed by atoms with Crippen molar-refractivity contribution in [3.05, 3.63) is 70.2 Å². The van der Waals surface area contributed by atoms with Gasteiger partial charge >= 0.3 is 6.09 Å². The maximum atomic E-state index is 13.3. The quantitative estimate of drug-likeness (QED) is 0.416. The molecule has 4 heterocycles. The van der Waals surface area contributed by atoms with Crippen molar-refractivity contribution in [3.63, 3.8) is 0 Å². The number of halogens is 1. The number of rotatable bonds is 8. The smallest absolute Gasteiger partial charge is 0.410 e. The Morgan fingerprint density at radius 2 is 2.00 bits per heavy atom. The number of quaternary nitrogens is 1. The summed E-state index contributed by atoms with van der Waals surface area (Å²) in [4.78, 5) is 17.4. The van der Waals surface area contributed by atoms with E-state index >= 15 is 0 Å². The minimum Gasteiger partial charge on any atom is -0.440 e. The summed E-state index contributed by atoms with van der Waals surface area (Å²) in [5.74, 6) is 0.227. The van der Waals surface area contributed by atoms with E-state index in [0.29, 0.717) is 25.4 Å². The van der Waals surface area contributed by atoms with Crippen LogP contribution in [0.1, 0.15) is 28.2 Å². The van der Waals surface area contributed by atoms with Crippen LogP contribution in [-0.2, 0) is 17.7 Å². The van der Waals surface area contributed by atoms with Crippen LogP contribution in [0.5, 0.6) is 0 Å². The second kappa shape index (κ2) is 9.53. The molecular formula is C25H32FN2O2S+. The van der Waals surface area contributed by atoms with Gasteiger partial charge in [-0.1, -0.05) is 18.7 Å². The Morgan fingerprint density at radius 1 is 1.26 bits per heavy atom. The van der Waals surface area contributed by atoms with E-state index in [9.17, 15) is 9.18 Å². The normalized spacial score (nSPS) is 24.7. The van der Waals surface area contributed by atoms with Crippen molar-refractivity contribution in [1.29, 1.82) is 0 Å². The fourth-order valence-corrected chi connectivity index (χ4v) is 5.90. The molecule has 6 heteroatoms. The van der Waals surface area contributed by atoms with E-state index in [-0.39, 0.29) is 18.0 Å². The number of nitrogens with zero attached hydrogens (tertiary/aromatic N) is 2. The SMILES string of the molecule is C=CC[N+]12CCC(CC1)[C@@H](OC(=O)N(CCc1ccc(F)cc1)Cc1ccc(C)s1)C2. The first kappa shape index (κ1) is 22.0. The van der Waals surface area contributed by atoms with Gasteiger partial charge in [0.2, 0.25) is 0 Å². The van der Waals surface area contributed by atoms with Crippen molar-refractivity contribution >= 4 is 17.4 Å². The molecule has 166 valence electrons. The Hall–Kier alpha value is -2.18. The summed E-state index contributed by atoms with van der Waals surface area (Å²) in [6.07, 6.45) is 4.65. The van der Waals surface area contributed by atoms with Crippen LogP contribution in [0.3, 0.4) is 0 Å². The van der Waals surface area contributed by atoms with Crippen LogP contribution in [0.25, 0.3) is 0 Å². The Bertz CT molecular complexity index is 903. The first-order chi connectivity index (χ1) is 15.0. The van der Waals surface area contributed by atoms with Crippen molar-refractivity contribution in [2.24, 2.45) is 5.92 Å². The molecule has 0 N–H and O–H groups in total. The average Bonchev–Trinajstić information content (AvgIpc) is 3.17. The Labute approximate surface area is 188 Å². The minimum absolute atomic E-state index is 0.0201. The van der Waals surface area contributed by atoms with Crippen LogP contribution in [-0.4, -0.2) is 54.3 Å². The molecule has 1 amide bonds. The van der Waals surface area contributed by atoms with Gasteiger partial charge in [-0.25, -0.2) is 9.18 Å². The fraction of sp³-hybridized carbons (Fsp3) is 0.480. The predicted octanol–water partition coefficient (Wildman–Crippen LogP) is 5.17. The highest BCUT2D eigenvalue weighted by Crippen LogP contribution is 2.35. The molecule has 0 unspecified atom stereocenters. The molecule has 3 aliphatic heterocycles. The third kappa shape index (κ3) is 5.36. The van der Waals surface area contributed by atoms with Crippen LogP contribution in [0.2, 0.25) is 0 Å². The van der Waals surface area contributed by atoms with Gasteiger partial charge in [-0.15, -0.1) is 11.3 Å². The zero-order valence-electron chi connectivity index (χ0n) is 18.3. The highest BCUT2D eigenvalue weighted by molar-refractivity contribution is 7.11. The largest absolute Gasteiger partial charge is 0.440 e. The third-order valence-electron chi connectivity index (χ3n) is 6.79. The first-order valence-electron chi connectivity index (χ1n) is 11.2. The van der Waals surface area contributed by atoms with E-state index in [1.807, 2.05) is 11.0 Å². The number of aryl methyl sites for hydroxylation is 1. The minimum atomic E-state index is -0.243. The van der Waals surface area contributed by atoms with Gasteiger partial charge in [0.05, 0.1) is 26.2 Å². The molecule has 2 aromatic rings. The summed E-state index contributed by atoms with van der Waals surface area (Å²) < 4.78 is 20.4. The Kier molecular flexibility index (Phi) is 6.77. The second-order valence-corrected chi connectivity index (χ2v) is 10.4. The van der Waals surface area contributed by atoms with E-state index in [1.54, 1.807) is 23.5 Å². The van der Waals surface area contributed by atoms with E-state index in [0.717, 1.165) is 53.9 Å². The van der Waals surface area contributed by atoms with Crippen molar-refractivity contribution in [3.8, 4) is 0 Å². The zero-order chi connectivity index (χ0) is 21.8. The van der Waals surface area contributed by atoms with Crippen LogP contribution in [0.4, 0.5) is 9.18 Å². The predicted molar refractivity (Wildman–Crippen MR) is 122 cm³/mol. The number of carbonyl (C=O) groups excluding carboxylic acids is 1. The summed E-state index contributed by atoms with van der Waals surface area (Å²) in [7, 11) is 0. The van der Waals surface area contributed by atoms with Crippen LogP contribution in [0.15, 0.2) is 49.1 Å². The molecule has 1 atom stereocenters. The summed E-state index contributed by atoms with van der Waals surface area (Å²) in [6.45, 7) is 11.3. The molecule has 5 rings (SSSR count). The lowest BCUT2D eigenvalue weighted by atomic mass is 9.83. The maximum absolute atomic E-state index is 13.3. The topological polar surface area (TPSA) is 29.5 Å². The number of carbonyl (C=O) groups is 1. The van der Waals surface area contributed by atoms with E-state index in [2.05, 4.69) is 25.6 Å². The number of amides is 1. The molecule has 0 saturated carbocycles. The van der Waals surface area contributed by atoms with Gasteiger partial charge in [-0.3, -0.25) is 0 Å². The van der Waals surface area contributed by atoms with E-state index < -0.39 is 0 Å². The number of benzene rings is 1. The molecule has 4 nitrogen and oxygen atoms in total. The van der Waals surface area contributed by atoms with Crippen LogP contribution >= 0.6 is 11.3 Å². The average molecular weight is 444 g/mol. The van der Waals surface area contributed by atoms with Crippen molar-refractivity contribution < 1.29 is 18.4 Å². The standard InChI is InChI=1S/C25H32FN2O2S/c1-3-14-28-15-11-21(12-16-28)24(18-28)30-25(29)27(17-23-9-4-19(2)31-23)13-10-20-5-7-22(26)8-6-20/h3-9,21,24H,1,10-18H2,2H3/q+1/t21?,24-,28?/m0/s1. The molecule has 3 aliphatic rings. The Balaban J connectivity index is 1.44. The summed E-state index contributed by atoms with van der Waals surface area (Å²) in [5.41, 5.74) is 1.01. The second-order valence-electron chi connectivity index (χ2n) is 9.01. The summed E-state index contributed by atoms with van der Waals surface area (Å²) >= 11 is 1.71.